The van der Waals surface area contributed by atoms with E-state index in [2.05, 4.69) is 16.5 Å². The average Bonchev–Trinajstić information content (AvgIpc) is 2.33. The molecule has 0 rings (SSSR count). The second-order valence-electron chi connectivity index (χ2n) is 4.78. The van der Waals surface area contributed by atoms with Crippen molar-refractivity contribution >= 4 is 10.0 Å². The van der Waals surface area contributed by atoms with Gasteiger partial charge in [0, 0.05) is 26.8 Å². The van der Waals surface area contributed by atoms with Crippen LogP contribution in [0.5, 0.6) is 0 Å². The third-order valence-corrected chi connectivity index (χ3v) is 4.47. The van der Waals surface area contributed by atoms with Gasteiger partial charge in [0.05, 0.1) is 5.75 Å². The lowest BCUT2D eigenvalue weighted by Crippen LogP contribution is -2.34. The summed E-state index contributed by atoms with van der Waals surface area (Å²) in [5, 5.41) is 0. The van der Waals surface area contributed by atoms with Crippen LogP contribution in [0.4, 0.5) is 0 Å². The summed E-state index contributed by atoms with van der Waals surface area (Å²) in [6, 6.07) is 0. The summed E-state index contributed by atoms with van der Waals surface area (Å²) in [5.74, 6) is 0.577. The number of likely N-dealkylation sites (N-methyl/N-ethyl adjacent to an activating group) is 1. The lowest BCUT2D eigenvalue weighted by atomic mass is 10.1. The number of nitrogens with one attached hydrogen (secondary N) is 1. The van der Waals surface area contributed by atoms with E-state index in [1.54, 1.807) is 7.11 Å². The molecule has 0 spiro atoms. The maximum absolute atomic E-state index is 11.7. The number of hydrogen-bond acceptors (Lipinski definition) is 4. The van der Waals surface area contributed by atoms with E-state index in [1.807, 2.05) is 14.0 Å². The molecule has 0 aromatic rings. The molecule has 0 saturated heterocycles. The second kappa shape index (κ2) is 9.72. The molecule has 5 nitrogen and oxygen atoms in total. The van der Waals surface area contributed by atoms with Crippen LogP contribution >= 0.6 is 0 Å². The normalized spacial score (nSPS) is 14.1. The third kappa shape index (κ3) is 9.82. The summed E-state index contributed by atoms with van der Waals surface area (Å²) in [7, 11) is 0.512. The molecule has 0 aliphatic heterocycles. The van der Waals surface area contributed by atoms with Crippen LogP contribution in [0.15, 0.2) is 0 Å². The molecule has 0 unspecified atom stereocenters. The van der Waals surface area contributed by atoms with Crippen molar-refractivity contribution < 1.29 is 13.2 Å². The first-order chi connectivity index (χ1) is 8.41. The number of rotatable bonds is 11. The minimum atomic E-state index is -3.12. The van der Waals surface area contributed by atoms with Gasteiger partial charge in [-0.1, -0.05) is 13.8 Å². The SMILES string of the molecule is CCN(C)CCNS(=O)(=O)CC[C@@H](C)CCOC. The summed E-state index contributed by atoms with van der Waals surface area (Å²) >= 11 is 0. The minimum Gasteiger partial charge on any atom is -0.385 e. The minimum absolute atomic E-state index is 0.202. The number of sulfonamides is 1. The van der Waals surface area contributed by atoms with Gasteiger partial charge in [-0.2, -0.15) is 0 Å². The number of methoxy groups -OCH3 is 1. The predicted molar refractivity (Wildman–Crippen MR) is 75.2 cm³/mol. The first-order valence-corrected chi connectivity index (χ1v) is 8.21. The Morgan fingerprint density at radius 2 is 2.00 bits per heavy atom. The smallest absolute Gasteiger partial charge is 0.211 e. The Balaban J connectivity index is 3.79. The van der Waals surface area contributed by atoms with Crippen molar-refractivity contribution in [2.24, 2.45) is 5.92 Å². The Kier molecular flexibility index (Phi) is 9.63. The molecule has 0 aromatic heterocycles. The first kappa shape index (κ1) is 17.8. The molecule has 0 aromatic carbocycles. The van der Waals surface area contributed by atoms with Crippen molar-refractivity contribution in [1.29, 1.82) is 0 Å². The molecule has 1 N–H and O–H groups in total. The van der Waals surface area contributed by atoms with Gasteiger partial charge < -0.3 is 9.64 Å². The van der Waals surface area contributed by atoms with Gasteiger partial charge in [0.1, 0.15) is 0 Å². The molecule has 0 saturated carbocycles. The molecule has 0 amide bonds. The van der Waals surface area contributed by atoms with Gasteiger partial charge in [-0.15, -0.1) is 0 Å². The van der Waals surface area contributed by atoms with Crippen LogP contribution in [0.25, 0.3) is 0 Å². The zero-order chi connectivity index (χ0) is 14.0. The molecular formula is C12H28N2O3S. The average molecular weight is 280 g/mol. The molecular weight excluding hydrogens is 252 g/mol. The van der Waals surface area contributed by atoms with E-state index >= 15 is 0 Å². The monoisotopic (exact) mass is 280 g/mol. The van der Waals surface area contributed by atoms with E-state index in [1.165, 1.54) is 0 Å². The molecule has 0 fully saturated rings. The van der Waals surface area contributed by atoms with E-state index in [4.69, 9.17) is 4.74 Å². The van der Waals surface area contributed by atoms with E-state index < -0.39 is 10.0 Å². The summed E-state index contributed by atoms with van der Waals surface area (Å²) in [6.45, 7) is 6.95. The van der Waals surface area contributed by atoms with Gasteiger partial charge in [-0.25, -0.2) is 13.1 Å². The van der Waals surface area contributed by atoms with Crippen molar-refractivity contribution in [2.45, 2.75) is 26.7 Å². The zero-order valence-corrected chi connectivity index (χ0v) is 12.9. The predicted octanol–water partition coefficient (Wildman–Crippen LogP) is 0.920. The summed E-state index contributed by atoms with van der Waals surface area (Å²) in [5.41, 5.74) is 0. The topological polar surface area (TPSA) is 58.6 Å². The maximum atomic E-state index is 11.7. The Labute approximate surface area is 112 Å². The van der Waals surface area contributed by atoms with Crippen molar-refractivity contribution in [3.8, 4) is 0 Å². The Morgan fingerprint density at radius 3 is 2.56 bits per heavy atom. The van der Waals surface area contributed by atoms with Crippen LogP contribution in [-0.4, -0.2) is 59.5 Å². The van der Waals surface area contributed by atoms with Crippen molar-refractivity contribution in [3.05, 3.63) is 0 Å². The summed E-state index contributed by atoms with van der Waals surface area (Å²) < 4.78 is 31.0. The van der Waals surface area contributed by atoms with Crippen LogP contribution in [-0.2, 0) is 14.8 Å². The van der Waals surface area contributed by atoms with Crippen LogP contribution in [0.3, 0.4) is 0 Å². The molecule has 18 heavy (non-hydrogen) atoms. The molecule has 0 radical (unpaired) electrons. The third-order valence-electron chi connectivity index (χ3n) is 3.05. The van der Waals surface area contributed by atoms with Gasteiger partial charge in [-0.3, -0.25) is 0 Å². The molecule has 0 heterocycles. The molecule has 110 valence electrons. The van der Waals surface area contributed by atoms with E-state index in [9.17, 15) is 8.42 Å². The van der Waals surface area contributed by atoms with Gasteiger partial charge >= 0.3 is 0 Å². The lowest BCUT2D eigenvalue weighted by Gasteiger charge is -2.15. The van der Waals surface area contributed by atoms with Crippen LogP contribution in [0, 0.1) is 5.92 Å². The molecule has 0 bridgehead atoms. The molecule has 0 aliphatic carbocycles. The second-order valence-corrected chi connectivity index (χ2v) is 6.71. The van der Waals surface area contributed by atoms with Crippen molar-refractivity contribution in [2.75, 3.05) is 46.2 Å². The first-order valence-electron chi connectivity index (χ1n) is 6.56. The summed E-state index contributed by atoms with van der Waals surface area (Å²) in [6.07, 6.45) is 1.59. The number of hydrogen-bond donors (Lipinski definition) is 1. The quantitative estimate of drug-likeness (QED) is 0.611. The Hall–Kier alpha value is -0.170. The van der Waals surface area contributed by atoms with E-state index in [0.29, 0.717) is 25.5 Å². The Morgan fingerprint density at radius 1 is 1.33 bits per heavy atom. The summed E-state index contributed by atoms with van der Waals surface area (Å²) in [4.78, 5) is 2.07. The van der Waals surface area contributed by atoms with Gasteiger partial charge in [-0.05, 0) is 32.4 Å². The highest BCUT2D eigenvalue weighted by atomic mass is 32.2. The highest BCUT2D eigenvalue weighted by molar-refractivity contribution is 7.89. The lowest BCUT2D eigenvalue weighted by molar-refractivity contribution is 0.179. The van der Waals surface area contributed by atoms with E-state index in [0.717, 1.165) is 19.5 Å². The van der Waals surface area contributed by atoms with Gasteiger partial charge in [0.2, 0.25) is 10.0 Å². The van der Waals surface area contributed by atoms with Crippen LogP contribution in [0.2, 0.25) is 0 Å². The highest BCUT2D eigenvalue weighted by Gasteiger charge is 2.12. The zero-order valence-electron chi connectivity index (χ0n) is 12.1. The molecule has 0 aliphatic rings. The van der Waals surface area contributed by atoms with Crippen LogP contribution in [0.1, 0.15) is 26.7 Å². The standard InChI is InChI=1S/C12H28N2O3S/c1-5-14(3)9-8-13-18(15,16)11-7-12(2)6-10-17-4/h12-13H,5-11H2,1-4H3/t12-/m0/s1. The molecule has 6 heteroatoms. The van der Waals surface area contributed by atoms with Crippen LogP contribution < -0.4 is 4.72 Å². The van der Waals surface area contributed by atoms with Crippen molar-refractivity contribution in [1.82, 2.24) is 9.62 Å². The van der Waals surface area contributed by atoms with Crippen molar-refractivity contribution in [3.63, 3.8) is 0 Å². The Bertz CT molecular complexity index is 294. The number of nitrogens with zero attached hydrogens (tertiary/aromatic N) is 1. The fourth-order valence-corrected chi connectivity index (χ4v) is 2.70. The van der Waals surface area contributed by atoms with E-state index in [-0.39, 0.29) is 5.75 Å². The fourth-order valence-electron chi connectivity index (χ4n) is 1.44. The fraction of sp³-hybridized carbons (Fsp3) is 1.00. The van der Waals surface area contributed by atoms with Gasteiger partial charge in [0.25, 0.3) is 0 Å². The van der Waals surface area contributed by atoms with Gasteiger partial charge in [0.15, 0.2) is 0 Å². The number of ether oxygens (including phenoxy) is 1. The molecule has 1 atom stereocenters. The largest absolute Gasteiger partial charge is 0.385 e. The highest BCUT2D eigenvalue weighted by Crippen LogP contribution is 2.08. The maximum Gasteiger partial charge on any atom is 0.211 e.